The van der Waals surface area contributed by atoms with E-state index in [1.54, 1.807) is 31.9 Å². The van der Waals surface area contributed by atoms with Gasteiger partial charge in [-0.15, -0.1) is 0 Å². The number of rotatable bonds is 7. The minimum Gasteiger partial charge on any atom is -0.469 e. The summed E-state index contributed by atoms with van der Waals surface area (Å²) in [6.45, 7) is 4.64. The fourth-order valence-corrected chi connectivity index (χ4v) is 1.86. The zero-order valence-electron chi connectivity index (χ0n) is 12.4. The van der Waals surface area contributed by atoms with E-state index in [1.807, 2.05) is 0 Å². The Balaban J connectivity index is 2.78. The first-order valence-corrected chi connectivity index (χ1v) is 6.41. The third-order valence-electron chi connectivity index (χ3n) is 2.94. The van der Waals surface area contributed by atoms with E-state index in [9.17, 15) is 9.59 Å². The lowest BCUT2D eigenvalue weighted by Gasteiger charge is -2.21. The molecule has 0 saturated carbocycles. The summed E-state index contributed by atoms with van der Waals surface area (Å²) in [6, 6.07) is 1.70. The predicted molar refractivity (Wildman–Crippen MR) is 72.6 cm³/mol. The van der Waals surface area contributed by atoms with Gasteiger partial charge in [-0.1, -0.05) is 0 Å². The Morgan fingerprint density at radius 3 is 2.45 bits per heavy atom. The fraction of sp³-hybridized carbons (Fsp3) is 0.571. The topological polar surface area (TPSA) is 69.0 Å². The van der Waals surface area contributed by atoms with Crippen LogP contribution in [0, 0.1) is 13.8 Å². The van der Waals surface area contributed by atoms with Crippen LogP contribution in [0.5, 0.6) is 0 Å². The normalized spacial score (nSPS) is 10.4. The first-order valence-electron chi connectivity index (χ1n) is 6.41. The van der Waals surface area contributed by atoms with Gasteiger partial charge in [-0.05, 0) is 19.9 Å². The molecule has 1 rings (SSSR count). The van der Waals surface area contributed by atoms with Gasteiger partial charge in [0.05, 0.1) is 25.7 Å². The maximum absolute atomic E-state index is 12.4. The summed E-state index contributed by atoms with van der Waals surface area (Å²) >= 11 is 0. The molecular formula is C14H21NO5. The number of amides is 1. The molecule has 0 aliphatic rings. The number of furan rings is 1. The molecule has 1 heterocycles. The second kappa shape index (κ2) is 7.69. The summed E-state index contributed by atoms with van der Waals surface area (Å²) < 4.78 is 15.0. The highest BCUT2D eigenvalue weighted by Gasteiger charge is 2.21. The van der Waals surface area contributed by atoms with Gasteiger partial charge < -0.3 is 18.8 Å². The van der Waals surface area contributed by atoms with Crippen LogP contribution in [0.3, 0.4) is 0 Å². The summed E-state index contributed by atoms with van der Waals surface area (Å²) in [7, 11) is 2.89. The molecule has 1 aromatic rings. The molecule has 0 saturated heterocycles. The lowest BCUT2D eigenvalue weighted by molar-refractivity contribution is -0.140. The van der Waals surface area contributed by atoms with Crippen molar-refractivity contribution < 1.29 is 23.5 Å². The van der Waals surface area contributed by atoms with Crippen molar-refractivity contribution in [3.63, 3.8) is 0 Å². The van der Waals surface area contributed by atoms with Crippen molar-refractivity contribution in [1.29, 1.82) is 0 Å². The van der Waals surface area contributed by atoms with Gasteiger partial charge in [0.25, 0.3) is 5.91 Å². The third kappa shape index (κ3) is 4.38. The second-order valence-electron chi connectivity index (χ2n) is 4.44. The Labute approximate surface area is 118 Å². The quantitative estimate of drug-likeness (QED) is 0.710. The lowest BCUT2D eigenvalue weighted by atomic mass is 10.2. The van der Waals surface area contributed by atoms with E-state index >= 15 is 0 Å². The largest absolute Gasteiger partial charge is 0.469 e. The number of hydrogen-bond acceptors (Lipinski definition) is 5. The highest BCUT2D eigenvalue weighted by atomic mass is 16.5. The van der Waals surface area contributed by atoms with Crippen molar-refractivity contribution in [3.05, 3.63) is 23.2 Å². The molecule has 0 N–H and O–H groups in total. The standard InChI is InChI=1S/C14H21NO5/c1-10-9-12(11(2)20-10)14(17)15(7-8-18-3)6-5-13(16)19-4/h9H,5-8H2,1-4H3. The van der Waals surface area contributed by atoms with Gasteiger partial charge >= 0.3 is 5.97 Å². The number of esters is 1. The highest BCUT2D eigenvalue weighted by molar-refractivity contribution is 5.95. The van der Waals surface area contributed by atoms with Crippen LogP contribution in [0.25, 0.3) is 0 Å². The monoisotopic (exact) mass is 283 g/mol. The number of ether oxygens (including phenoxy) is 2. The summed E-state index contributed by atoms with van der Waals surface area (Å²) in [5.74, 6) is 0.749. The minimum atomic E-state index is -0.347. The summed E-state index contributed by atoms with van der Waals surface area (Å²) in [5.41, 5.74) is 0.517. The minimum absolute atomic E-state index is 0.155. The number of methoxy groups -OCH3 is 2. The molecule has 6 heteroatoms. The van der Waals surface area contributed by atoms with Crippen LogP contribution in [0.2, 0.25) is 0 Å². The van der Waals surface area contributed by atoms with Gasteiger partial charge in [-0.3, -0.25) is 9.59 Å². The molecule has 0 aliphatic heterocycles. The molecule has 0 fully saturated rings. The summed E-state index contributed by atoms with van der Waals surface area (Å²) in [5, 5.41) is 0. The Bertz CT molecular complexity index is 466. The molecule has 0 bridgehead atoms. The van der Waals surface area contributed by atoms with Gasteiger partial charge in [0.15, 0.2) is 0 Å². The van der Waals surface area contributed by atoms with E-state index < -0.39 is 0 Å². The van der Waals surface area contributed by atoms with E-state index in [0.717, 1.165) is 0 Å². The maximum atomic E-state index is 12.4. The molecule has 0 radical (unpaired) electrons. The number of aryl methyl sites for hydroxylation is 2. The molecular weight excluding hydrogens is 262 g/mol. The van der Waals surface area contributed by atoms with E-state index in [2.05, 4.69) is 4.74 Å². The van der Waals surface area contributed by atoms with Crippen LogP contribution in [0.1, 0.15) is 28.3 Å². The molecule has 20 heavy (non-hydrogen) atoms. The molecule has 1 aromatic heterocycles. The number of carbonyl (C=O) groups is 2. The molecule has 0 aliphatic carbocycles. The Kier molecular flexibility index (Phi) is 6.24. The Morgan fingerprint density at radius 1 is 1.25 bits per heavy atom. The zero-order chi connectivity index (χ0) is 15.1. The van der Waals surface area contributed by atoms with Crippen LogP contribution < -0.4 is 0 Å². The van der Waals surface area contributed by atoms with Crippen molar-refractivity contribution in [1.82, 2.24) is 4.90 Å². The average molecular weight is 283 g/mol. The Morgan fingerprint density at radius 2 is 1.95 bits per heavy atom. The molecule has 112 valence electrons. The van der Waals surface area contributed by atoms with Crippen molar-refractivity contribution in [3.8, 4) is 0 Å². The number of carbonyl (C=O) groups excluding carboxylic acids is 2. The first-order chi connectivity index (χ1) is 9.49. The lowest BCUT2D eigenvalue weighted by Crippen LogP contribution is -2.36. The smallest absolute Gasteiger partial charge is 0.307 e. The third-order valence-corrected chi connectivity index (χ3v) is 2.94. The predicted octanol–water partition coefficient (Wildman–Crippen LogP) is 1.55. The van der Waals surface area contributed by atoms with Crippen LogP contribution in [0.4, 0.5) is 0 Å². The van der Waals surface area contributed by atoms with Crippen molar-refractivity contribution in [2.45, 2.75) is 20.3 Å². The molecule has 0 unspecified atom stereocenters. The van der Waals surface area contributed by atoms with Crippen LogP contribution in [0.15, 0.2) is 10.5 Å². The van der Waals surface area contributed by atoms with Gasteiger partial charge in [0, 0.05) is 20.2 Å². The van der Waals surface area contributed by atoms with E-state index in [0.29, 0.717) is 36.8 Å². The van der Waals surface area contributed by atoms with Crippen LogP contribution in [-0.4, -0.2) is 50.7 Å². The number of nitrogens with zero attached hydrogens (tertiary/aromatic N) is 1. The van der Waals surface area contributed by atoms with E-state index in [-0.39, 0.29) is 18.3 Å². The van der Waals surface area contributed by atoms with Crippen molar-refractivity contribution in [2.75, 3.05) is 33.9 Å². The maximum Gasteiger partial charge on any atom is 0.307 e. The van der Waals surface area contributed by atoms with Gasteiger partial charge in [-0.2, -0.15) is 0 Å². The molecule has 0 atom stereocenters. The summed E-state index contributed by atoms with van der Waals surface area (Å²) in [4.78, 5) is 25.2. The van der Waals surface area contributed by atoms with Gasteiger partial charge in [0.1, 0.15) is 11.5 Å². The highest BCUT2D eigenvalue weighted by Crippen LogP contribution is 2.16. The Hall–Kier alpha value is -1.82. The van der Waals surface area contributed by atoms with Crippen LogP contribution >= 0.6 is 0 Å². The van der Waals surface area contributed by atoms with Crippen molar-refractivity contribution in [2.24, 2.45) is 0 Å². The zero-order valence-corrected chi connectivity index (χ0v) is 12.4. The molecule has 0 aromatic carbocycles. The molecule has 0 spiro atoms. The fourth-order valence-electron chi connectivity index (χ4n) is 1.86. The SMILES string of the molecule is COCCN(CCC(=O)OC)C(=O)c1cc(C)oc1C. The molecule has 6 nitrogen and oxygen atoms in total. The van der Waals surface area contributed by atoms with E-state index in [1.165, 1.54) is 7.11 Å². The average Bonchev–Trinajstić information content (AvgIpc) is 2.76. The second-order valence-corrected chi connectivity index (χ2v) is 4.44. The van der Waals surface area contributed by atoms with Crippen LogP contribution in [-0.2, 0) is 14.3 Å². The van der Waals surface area contributed by atoms with Gasteiger partial charge in [0.2, 0.25) is 0 Å². The number of hydrogen-bond donors (Lipinski definition) is 0. The first kappa shape index (κ1) is 16.2. The summed E-state index contributed by atoms with van der Waals surface area (Å²) in [6.07, 6.45) is 0.155. The van der Waals surface area contributed by atoms with Crippen molar-refractivity contribution >= 4 is 11.9 Å². The van der Waals surface area contributed by atoms with Gasteiger partial charge in [-0.25, -0.2) is 0 Å². The van der Waals surface area contributed by atoms with E-state index in [4.69, 9.17) is 9.15 Å². The molecule has 1 amide bonds.